The molecule has 6 heteroatoms. The first-order chi connectivity index (χ1) is 11.6. The minimum Gasteiger partial charge on any atom is -0.381 e. The smallest absolute Gasteiger partial charge is 0.237 e. The topological polar surface area (TPSA) is 59.6 Å². The van der Waals surface area contributed by atoms with E-state index in [9.17, 15) is 4.79 Å². The molecule has 132 valence electrons. The van der Waals surface area contributed by atoms with Crippen LogP contribution in [0.5, 0.6) is 0 Å². The van der Waals surface area contributed by atoms with Gasteiger partial charge in [-0.05, 0) is 37.0 Å². The van der Waals surface area contributed by atoms with Crippen LogP contribution in [0.1, 0.15) is 24.8 Å². The van der Waals surface area contributed by atoms with E-state index >= 15 is 0 Å². The maximum absolute atomic E-state index is 12.5. The van der Waals surface area contributed by atoms with Crippen molar-refractivity contribution in [1.82, 2.24) is 10.6 Å². The lowest BCUT2D eigenvalue weighted by Gasteiger charge is -2.38. The third-order valence-corrected chi connectivity index (χ3v) is 5.50. The predicted octanol–water partition coefficient (Wildman–Crippen LogP) is 1.88. The highest BCUT2D eigenvalue weighted by molar-refractivity contribution is 6.30. The standard InChI is InChI=1S/C18H25ClN2O3/c1-23-15-10-16(20-11-15)17(22)21-12-18(6-8-24-9-7-18)13-2-4-14(19)5-3-13/h2-5,15-16,20H,6-12H2,1H3,(H,21,22)/t15-,16+/m0/s1. The quantitative estimate of drug-likeness (QED) is 0.849. The van der Waals surface area contributed by atoms with E-state index in [-0.39, 0.29) is 23.5 Å². The van der Waals surface area contributed by atoms with Crippen LogP contribution in [0.25, 0.3) is 0 Å². The molecule has 0 aromatic heterocycles. The summed E-state index contributed by atoms with van der Waals surface area (Å²) in [6.45, 7) is 2.77. The zero-order valence-electron chi connectivity index (χ0n) is 14.0. The molecular formula is C18H25ClN2O3. The Bertz CT molecular complexity index is 558. The lowest BCUT2D eigenvalue weighted by molar-refractivity contribution is -0.123. The first kappa shape index (κ1) is 17.7. The summed E-state index contributed by atoms with van der Waals surface area (Å²) >= 11 is 6.02. The summed E-state index contributed by atoms with van der Waals surface area (Å²) in [7, 11) is 1.68. The van der Waals surface area contributed by atoms with E-state index in [1.807, 2.05) is 12.1 Å². The number of carbonyl (C=O) groups is 1. The summed E-state index contributed by atoms with van der Waals surface area (Å²) in [4.78, 5) is 12.5. The predicted molar refractivity (Wildman–Crippen MR) is 93.4 cm³/mol. The van der Waals surface area contributed by atoms with Crippen LogP contribution in [0, 0.1) is 0 Å². The third kappa shape index (κ3) is 3.91. The Labute approximate surface area is 148 Å². The van der Waals surface area contributed by atoms with Gasteiger partial charge in [0.1, 0.15) is 0 Å². The number of ether oxygens (including phenoxy) is 2. The molecule has 0 radical (unpaired) electrons. The second-order valence-corrected chi connectivity index (χ2v) is 7.11. The summed E-state index contributed by atoms with van der Waals surface area (Å²) in [5.41, 5.74) is 1.13. The number of benzene rings is 1. The van der Waals surface area contributed by atoms with Crippen molar-refractivity contribution < 1.29 is 14.3 Å². The van der Waals surface area contributed by atoms with Gasteiger partial charge in [-0.3, -0.25) is 4.79 Å². The lowest BCUT2D eigenvalue weighted by Crippen LogP contribution is -2.48. The van der Waals surface area contributed by atoms with E-state index in [4.69, 9.17) is 21.1 Å². The first-order valence-electron chi connectivity index (χ1n) is 8.51. The fourth-order valence-electron chi connectivity index (χ4n) is 3.60. The van der Waals surface area contributed by atoms with Gasteiger partial charge in [-0.1, -0.05) is 23.7 Å². The fourth-order valence-corrected chi connectivity index (χ4v) is 3.72. The number of rotatable bonds is 5. The molecular weight excluding hydrogens is 328 g/mol. The van der Waals surface area contributed by atoms with Crippen LogP contribution < -0.4 is 10.6 Å². The molecule has 0 unspecified atom stereocenters. The zero-order valence-corrected chi connectivity index (χ0v) is 14.8. The average molecular weight is 353 g/mol. The number of hydrogen-bond donors (Lipinski definition) is 2. The first-order valence-corrected chi connectivity index (χ1v) is 8.88. The Morgan fingerprint density at radius 2 is 2.08 bits per heavy atom. The van der Waals surface area contributed by atoms with Gasteiger partial charge in [0.25, 0.3) is 0 Å². The highest BCUT2D eigenvalue weighted by atomic mass is 35.5. The normalized spacial score (nSPS) is 26.2. The molecule has 1 aromatic rings. The maximum Gasteiger partial charge on any atom is 0.237 e. The Morgan fingerprint density at radius 3 is 2.71 bits per heavy atom. The molecule has 0 aliphatic carbocycles. The van der Waals surface area contributed by atoms with Gasteiger partial charge >= 0.3 is 0 Å². The summed E-state index contributed by atoms with van der Waals surface area (Å²) in [6, 6.07) is 7.79. The Hall–Kier alpha value is -1.14. The largest absolute Gasteiger partial charge is 0.381 e. The van der Waals surface area contributed by atoms with E-state index < -0.39 is 0 Å². The molecule has 24 heavy (non-hydrogen) atoms. The average Bonchev–Trinajstić information content (AvgIpc) is 3.10. The van der Waals surface area contributed by atoms with Gasteiger partial charge in [-0.2, -0.15) is 0 Å². The van der Waals surface area contributed by atoms with Crippen LogP contribution >= 0.6 is 11.6 Å². The molecule has 0 bridgehead atoms. The van der Waals surface area contributed by atoms with Crippen LogP contribution in [-0.2, 0) is 19.7 Å². The zero-order chi connectivity index (χ0) is 17.0. The van der Waals surface area contributed by atoms with Crippen molar-refractivity contribution >= 4 is 17.5 Å². The van der Waals surface area contributed by atoms with Crippen molar-refractivity contribution in [1.29, 1.82) is 0 Å². The Morgan fingerprint density at radius 1 is 1.38 bits per heavy atom. The van der Waals surface area contributed by atoms with Crippen LogP contribution in [0.15, 0.2) is 24.3 Å². The molecule has 1 amide bonds. The van der Waals surface area contributed by atoms with Crippen LogP contribution in [-0.4, -0.2) is 51.5 Å². The van der Waals surface area contributed by atoms with Gasteiger partial charge < -0.3 is 20.1 Å². The third-order valence-electron chi connectivity index (χ3n) is 5.25. The van der Waals surface area contributed by atoms with E-state index in [0.29, 0.717) is 19.8 Å². The number of carbonyl (C=O) groups excluding carboxylic acids is 1. The van der Waals surface area contributed by atoms with Crippen LogP contribution in [0.3, 0.4) is 0 Å². The number of hydrogen-bond acceptors (Lipinski definition) is 4. The van der Waals surface area contributed by atoms with Crippen molar-refractivity contribution in [2.45, 2.75) is 36.8 Å². The maximum atomic E-state index is 12.5. The molecule has 0 spiro atoms. The SMILES string of the molecule is CO[C@@H]1CN[C@@H](C(=O)NCC2(c3ccc(Cl)cc3)CCOCC2)C1. The highest BCUT2D eigenvalue weighted by Crippen LogP contribution is 2.35. The Kier molecular flexibility index (Phi) is 5.76. The number of nitrogens with one attached hydrogen (secondary N) is 2. The number of amides is 1. The van der Waals surface area contributed by atoms with Crippen molar-refractivity contribution in [3.8, 4) is 0 Å². The van der Waals surface area contributed by atoms with Crippen molar-refractivity contribution in [3.05, 3.63) is 34.9 Å². The molecule has 2 atom stereocenters. The van der Waals surface area contributed by atoms with Gasteiger partial charge in [-0.15, -0.1) is 0 Å². The van der Waals surface area contributed by atoms with Gasteiger partial charge in [0.2, 0.25) is 5.91 Å². The molecule has 2 saturated heterocycles. The Balaban J connectivity index is 1.66. The summed E-state index contributed by atoms with van der Waals surface area (Å²) in [6.07, 6.45) is 2.63. The highest BCUT2D eigenvalue weighted by Gasteiger charge is 2.36. The van der Waals surface area contributed by atoms with E-state index in [1.54, 1.807) is 7.11 Å². The molecule has 2 aliphatic heterocycles. The monoisotopic (exact) mass is 352 g/mol. The number of halogens is 1. The van der Waals surface area contributed by atoms with Gasteiger partial charge in [-0.25, -0.2) is 0 Å². The van der Waals surface area contributed by atoms with Crippen molar-refractivity contribution in [2.24, 2.45) is 0 Å². The minimum absolute atomic E-state index is 0.0504. The number of methoxy groups -OCH3 is 1. The van der Waals surface area contributed by atoms with Gasteiger partial charge in [0.15, 0.2) is 0 Å². The summed E-state index contributed by atoms with van der Waals surface area (Å²) in [5, 5.41) is 7.10. The van der Waals surface area contributed by atoms with Crippen LogP contribution in [0.4, 0.5) is 0 Å². The molecule has 2 aliphatic rings. The molecule has 1 aromatic carbocycles. The molecule has 0 saturated carbocycles. The molecule has 2 fully saturated rings. The second kappa shape index (κ2) is 7.83. The van der Waals surface area contributed by atoms with E-state index in [0.717, 1.165) is 30.8 Å². The fraction of sp³-hybridized carbons (Fsp3) is 0.611. The van der Waals surface area contributed by atoms with Crippen LogP contribution in [0.2, 0.25) is 5.02 Å². The van der Waals surface area contributed by atoms with Crippen molar-refractivity contribution in [3.63, 3.8) is 0 Å². The van der Waals surface area contributed by atoms with Gasteiger partial charge in [0, 0.05) is 43.9 Å². The molecule has 2 N–H and O–H groups in total. The molecule has 2 heterocycles. The van der Waals surface area contributed by atoms with E-state index in [2.05, 4.69) is 22.8 Å². The summed E-state index contributed by atoms with van der Waals surface area (Å²) < 4.78 is 10.9. The van der Waals surface area contributed by atoms with E-state index in [1.165, 1.54) is 5.56 Å². The lowest BCUT2D eigenvalue weighted by atomic mass is 9.74. The second-order valence-electron chi connectivity index (χ2n) is 6.67. The van der Waals surface area contributed by atoms with Crippen molar-refractivity contribution in [2.75, 3.05) is 33.4 Å². The van der Waals surface area contributed by atoms with Gasteiger partial charge in [0.05, 0.1) is 12.1 Å². The minimum atomic E-state index is -0.169. The summed E-state index contributed by atoms with van der Waals surface area (Å²) in [5.74, 6) is 0.0504. The molecule has 5 nitrogen and oxygen atoms in total. The molecule has 3 rings (SSSR count).